The quantitative estimate of drug-likeness (QED) is 0.318. The zero-order valence-corrected chi connectivity index (χ0v) is 22.6. The van der Waals surface area contributed by atoms with Crippen LogP contribution in [0.5, 0.6) is 5.75 Å². The molecule has 5 nitrogen and oxygen atoms in total. The van der Waals surface area contributed by atoms with Crippen LogP contribution in [0.3, 0.4) is 0 Å². The van der Waals surface area contributed by atoms with Gasteiger partial charge in [0.25, 0.3) is 5.91 Å². The minimum atomic E-state index is -1.11. The van der Waals surface area contributed by atoms with E-state index in [-0.39, 0.29) is 18.1 Å². The fourth-order valence-corrected chi connectivity index (χ4v) is 5.19. The van der Waals surface area contributed by atoms with Crippen molar-refractivity contribution < 1.29 is 19.4 Å². The number of amides is 1. The highest BCUT2D eigenvalue weighted by Crippen LogP contribution is 2.36. The first-order chi connectivity index (χ1) is 17.7. The molecule has 0 bridgehead atoms. The van der Waals surface area contributed by atoms with Gasteiger partial charge in [-0.15, -0.1) is 0 Å². The van der Waals surface area contributed by atoms with Crippen molar-refractivity contribution in [2.75, 3.05) is 6.54 Å². The fraction of sp³-hybridized carbons (Fsp3) is 0.333. The van der Waals surface area contributed by atoms with Gasteiger partial charge in [0.05, 0.1) is 10.0 Å². The van der Waals surface area contributed by atoms with Crippen LogP contribution in [-0.4, -0.2) is 34.0 Å². The van der Waals surface area contributed by atoms with E-state index >= 15 is 0 Å². The van der Waals surface area contributed by atoms with Crippen molar-refractivity contribution in [3.05, 3.63) is 98.5 Å². The number of hydrogen-bond acceptors (Lipinski definition) is 3. The second-order valence-corrected chi connectivity index (χ2v) is 10.7. The molecule has 1 N–H and O–H groups in total. The summed E-state index contributed by atoms with van der Waals surface area (Å²) in [6.45, 7) is 3.88. The number of carbonyl (C=O) groups excluding carboxylic acids is 1. The molecule has 1 aliphatic rings. The van der Waals surface area contributed by atoms with Crippen molar-refractivity contribution in [1.82, 2.24) is 4.90 Å². The first-order valence-corrected chi connectivity index (χ1v) is 13.3. The van der Waals surface area contributed by atoms with E-state index in [1.54, 1.807) is 24.3 Å². The lowest BCUT2D eigenvalue weighted by Gasteiger charge is -2.36. The fourth-order valence-electron chi connectivity index (χ4n) is 4.81. The number of carboxylic acid groups (broad SMARTS) is 1. The van der Waals surface area contributed by atoms with Gasteiger partial charge in [-0.05, 0) is 72.7 Å². The Bertz CT molecular complexity index is 1290. The number of hydrogen-bond donors (Lipinski definition) is 1. The molecule has 1 unspecified atom stereocenters. The molecular formula is C30H31Cl2NO4. The number of nitrogens with zero attached hydrogens (tertiary/aromatic N) is 1. The third-order valence-electron chi connectivity index (χ3n) is 6.73. The molecular weight excluding hydrogens is 509 g/mol. The predicted molar refractivity (Wildman–Crippen MR) is 147 cm³/mol. The number of halogens is 2. The van der Waals surface area contributed by atoms with Crippen LogP contribution in [0, 0.1) is 0 Å². The van der Waals surface area contributed by atoms with Crippen LogP contribution < -0.4 is 4.74 Å². The molecule has 4 rings (SSSR count). The van der Waals surface area contributed by atoms with Crippen LogP contribution in [-0.2, 0) is 30.6 Å². The topological polar surface area (TPSA) is 66.8 Å². The van der Waals surface area contributed by atoms with Crippen LogP contribution in [0.1, 0.15) is 59.3 Å². The summed E-state index contributed by atoms with van der Waals surface area (Å²) >= 11 is 12.4. The lowest BCUT2D eigenvalue weighted by molar-refractivity contribution is -0.137. The standard InChI is InChI=1S/C30H31Cl2NO4/c1-3-5-20-8-10-21(11-9-20)17-30(2)15-14-22-16-23(12-13-26(22)37-30)29(36)33(19-27(34)35)18-24-6-4-7-25(31)28(24)32/h4,6-13,16H,3,5,14-15,17-19H2,1-2H3,(H,34,35). The van der Waals surface area contributed by atoms with Crippen molar-refractivity contribution in [2.45, 2.75) is 58.1 Å². The molecule has 0 aliphatic carbocycles. The molecule has 1 heterocycles. The van der Waals surface area contributed by atoms with E-state index in [0.717, 1.165) is 43.4 Å². The Morgan fingerprint density at radius 3 is 2.49 bits per heavy atom. The van der Waals surface area contributed by atoms with Crippen LogP contribution in [0.25, 0.3) is 0 Å². The van der Waals surface area contributed by atoms with Gasteiger partial charge in [0.15, 0.2) is 0 Å². The number of aliphatic carboxylic acids is 1. The third kappa shape index (κ3) is 6.65. The minimum absolute atomic E-state index is 0.0349. The Labute approximate surface area is 228 Å². The van der Waals surface area contributed by atoms with E-state index in [1.165, 1.54) is 16.0 Å². The molecule has 37 heavy (non-hydrogen) atoms. The lowest BCUT2D eigenvalue weighted by Crippen LogP contribution is -2.39. The second-order valence-electron chi connectivity index (χ2n) is 9.89. The Morgan fingerprint density at radius 1 is 1.05 bits per heavy atom. The highest BCUT2D eigenvalue weighted by atomic mass is 35.5. The van der Waals surface area contributed by atoms with Crippen molar-refractivity contribution in [1.29, 1.82) is 0 Å². The zero-order valence-electron chi connectivity index (χ0n) is 21.1. The van der Waals surface area contributed by atoms with Gasteiger partial charge in [0, 0.05) is 18.5 Å². The number of ether oxygens (including phenoxy) is 1. The van der Waals surface area contributed by atoms with Gasteiger partial charge in [-0.1, -0.05) is 72.9 Å². The minimum Gasteiger partial charge on any atom is -0.487 e. The van der Waals surface area contributed by atoms with E-state index in [9.17, 15) is 14.7 Å². The normalized spacial score (nSPS) is 16.5. The Hall–Kier alpha value is -3.02. The molecule has 1 amide bonds. The maximum atomic E-state index is 13.4. The van der Waals surface area contributed by atoms with Gasteiger partial charge in [-0.2, -0.15) is 0 Å². The molecule has 0 radical (unpaired) electrons. The summed E-state index contributed by atoms with van der Waals surface area (Å²) in [6.07, 6.45) is 4.58. The molecule has 0 spiro atoms. The number of aryl methyl sites for hydroxylation is 2. The first-order valence-electron chi connectivity index (χ1n) is 12.5. The van der Waals surface area contributed by atoms with Gasteiger partial charge in [0.2, 0.25) is 0 Å². The van der Waals surface area contributed by atoms with Gasteiger partial charge in [0.1, 0.15) is 17.9 Å². The summed E-state index contributed by atoms with van der Waals surface area (Å²) in [7, 11) is 0. The predicted octanol–water partition coefficient (Wildman–Crippen LogP) is 7.00. The Morgan fingerprint density at radius 2 is 1.78 bits per heavy atom. The molecule has 0 saturated carbocycles. The monoisotopic (exact) mass is 539 g/mol. The molecule has 3 aromatic rings. The summed E-state index contributed by atoms with van der Waals surface area (Å²) < 4.78 is 6.43. The summed E-state index contributed by atoms with van der Waals surface area (Å²) in [6, 6.07) is 19.2. The largest absolute Gasteiger partial charge is 0.487 e. The van der Waals surface area contributed by atoms with Gasteiger partial charge in [-0.3, -0.25) is 9.59 Å². The molecule has 1 aliphatic heterocycles. The molecule has 0 saturated heterocycles. The smallest absolute Gasteiger partial charge is 0.323 e. The van der Waals surface area contributed by atoms with Crippen molar-refractivity contribution in [2.24, 2.45) is 0 Å². The van der Waals surface area contributed by atoms with Crippen LogP contribution >= 0.6 is 23.2 Å². The van der Waals surface area contributed by atoms with E-state index in [4.69, 9.17) is 27.9 Å². The van der Waals surface area contributed by atoms with Crippen molar-refractivity contribution in [3.8, 4) is 5.75 Å². The summed E-state index contributed by atoms with van der Waals surface area (Å²) in [5.41, 5.74) is 4.18. The number of carboxylic acids is 1. The third-order valence-corrected chi connectivity index (χ3v) is 7.59. The highest BCUT2D eigenvalue weighted by Gasteiger charge is 2.32. The van der Waals surface area contributed by atoms with Crippen molar-refractivity contribution in [3.63, 3.8) is 0 Å². The van der Waals surface area contributed by atoms with Crippen LogP contribution in [0.2, 0.25) is 10.0 Å². The van der Waals surface area contributed by atoms with E-state index in [2.05, 4.69) is 38.1 Å². The van der Waals surface area contributed by atoms with Gasteiger partial charge < -0.3 is 14.7 Å². The number of benzene rings is 3. The van der Waals surface area contributed by atoms with E-state index in [0.29, 0.717) is 21.2 Å². The van der Waals surface area contributed by atoms with Gasteiger partial charge in [-0.25, -0.2) is 0 Å². The molecule has 1 atom stereocenters. The summed E-state index contributed by atoms with van der Waals surface area (Å²) in [4.78, 5) is 26.1. The summed E-state index contributed by atoms with van der Waals surface area (Å²) in [5.74, 6) is -0.733. The molecule has 0 aromatic heterocycles. The van der Waals surface area contributed by atoms with Crippen molar-refractivity contribution >= 4 is 35.1 Å². The molecule has 194 valence electrons. The van der Waals surface area contributed by atoms with Crippen LogP contribution in [0.15, 0.2) is 60.7 Å². The second kappa shape index (κ2) is 11.6. The van der Waals surface area contributed by atoms with Gasteiger partial charge >= 0.3 is 5.97 Å². The Balaban J connectivity index is 1.50. The molecule has 3 aromatic carbocycles. The summed E-state index contributed by atoms with van der Waals surface area (Å²) in [5, 5.41) is 10.1. The molecule has 0 fully saturated rings. The number of carbonyl (C=O) groups is 2. The van der Waals surface area contributed by atoms with E-state index < -0.39 is 12.5 Å². The lowest BCUT2D eigenvalue weighted by atomic mass is 9.86. The zero-order chi connectivity index (χ0) is 26.6. The molecule has 7 heteroatoms. The SMILES string of the molecule is CCCc1ccc(CC2(C)CCc3cc(C(=O)N(CC(=O)O)Cc4cccc(Cl)c4Cl)ccc3O2)cc1. The maximum absolute atomic E-state index is 13.4. The highest BCUT2D eigenvalue weighted by molar-refractivity contribution is 6.42. The average Bonchev–Trinajstić information content (AvgIpc) is 2.86. The maximum Gasteiger partial charge on any atom is 0.323 e. The van der Waals surface area contributed by atoms with Crippen LogP contribution in [0.4, 0.5) is 0 Å². The Kier molecular flexibility index (Phi) is 8.46. The number of rotatable bonds is 9. The first kappa shape index (κ1) is 27.0. The van der Waals surface area contributed by atoms with E-state index in [1.807, 2.05) is 12.1 Å². The average molecular weight is 540 g/mol. The number of fused-ring (bicyclic) bond motifs is 1.